The summed E-state index contributed by atoms with van der Waals surface area (Å²) in [6.45, 7) is 0.225. The Morgan fingerprint density at radius 1 is 1.00 bits per heavy atom. The van der Waals surface area contributed by atoms with Gasteiger partial charge in [0.2, 0.25) is 0 Å². The molecule has 2 N–H and O–H groups in total. The summed E-state index contributed by atoms with van der Waals surface area (Å²) in [6, 6.07) is 20.3. The van der Waals surface area contributed by atoms with Crippen LogP contribution in [0, 0.1) is 0 Å². The minimum atomic E-state index is -1.00. The van der Waals surface area contributed by atoms with Crippen molar-refractivity contribution in [1.82, 2.24) is 5.43 Å². The highest BCUT2D eigenvalue weighted by molar-refractivity contribution is 6.31. The Hall–Kier alpha value is -3.64. The van der Waals surface area contributed by atoms with E-state index in [9.17, 15) is 9.59 Å². The van der Waals surface area contributed by atoms with Gasteiger partial charge in [-0.3, -0.25) is 4.79 Å². The van der Waals surface area contributed by atoms with E-state index in [2.05, 4.69) is 10.5 Å². The maximum Gasteiger partial charge on any atom is 0.335 e. The zero-order chi connectivity index (χ0) is 20.6. The number of rotatable bonds is 7. The van der Waals surface area contributed by atoms with Crippen LogP contribution in [0.1, 0.15) is 31.8 Å². The van der Waals surface area contributed by atoms with Crippen LogP contribution in [0.15, 0.2) is 77.9 Å². The molecule has 0 radical (unpaired) electrons. The van der Waals surface area contributed by atoms with Crippen molar-refractivity contribution in [2.75, 3.05) is 0 Å². The number of hydrazone groups is 1. The fourth-order valence-electron chi connectivity index (χ4n) is 2.49. The SMILES string of the molecule is O=C(O)c1ccc(C=NNC(=O)c2ccccc2OCc2ccccc2Cl)cc1. The molecule has 0 aliphatic carbocycles. The van der Waals surface area contributed by atoms with Gasteiger partial charge in [0.15, 0.2) is 0 Å². The molecule has 0 aliphatic heterocycles. The van der Waals surface area contributed by atoms with Crippen LogP contribution in [0.2, 0.25) is 5.02 Å². The van der Waals surface area contributed by atoms with Crippen molar-refractivity contribution in [3.05, 3.63) is 100 Å². The molecule has 0 aliphatic rings. The second-order valence-electron chi connectivity index (χ2n) is 6.00. The van der Waals surface area contributed by atoms with E-state index in [0.29, 0.717) is 21.9 Å². The first-order valence-corrected chi connectivity index (χ1v) is 9.04. The first-order chi connectivity index (χ1) is 14.0. The Balaban J connectivity index is 1.65. The Morgan fingerprint density at radius 3 is 2.41 bits per heavy atom. The molecule has 7 heteroatoms. The quantitative estimate of drug-likeness (QED) is 0.448. The van der Waals surface area contributed by atoms with Crippen LogP contribution in [0.4, 0.5) is 0 Å². The van der Waals surface area contributed by atoms with Crippen molar-refractivity contribution in [2.45, 2.75) is 6.61 Å². The van der Waals surface area contributed by atoms with Crippen molar-refractivity contribution in [3.63, 3.8) is 0 Å². The Bertz CT molecular complexity index is 1050. The number of carbonyl (C=O) groups excluding carboxylic acids is 1. The summed E-state index contributed by atoms with van der Waals surface area (Å²) in [5, 5.41) is 13.4. The van der Waals surface area contributed by atoms with Gasteiger partial charge in [0, 0.05) is 10.6 Å². The summed E-state index contributed by atoms with van der Waals surface area (Å²) in [5.74, 6) is -1.03. The third kappa shape index (κ3) is 5.43. The molecular weight excluding hydrogens is 392 g/mol. The first kappa shape index (κ1) is 20.1. The number of carboxylic acids is 1. The topological polar surface area (TPSA) is 88.0 Å². The third-order valence-corrected chi connectivity index (χ3v) is 4.38. The molecule has 0 heterocycles. The molecular formula is C22H17ClN2O4. The van der Waals surface area contributed by atoms with Gasteiger partial charge in [-0.05, 0) is 35.9 Å². The molecule has 0 spiro atoms. The molecule has 0 bridgehead atoms. The van der Waals surface area contributed by atoms with Crippen LogP contribution in [-0.2, 0) is 6.61 Å². The molecule has 3 aromatic rings. The number of benzene rings is 3. The lowest BCUT2D eigenvalue weighted by Gasteiger charge is -2.11. The van der Waals surface area contributed by atoms with Gasteiger partial charge in [-0.1, -0.05) is 54.1 Å². The molecule has 29 heavy (non-hydrogen) atoms. The molecule has 0 saturated heterocycles. The van der Waals surface area contributed by atoms with Gasteiger partial charge in [0.25, 0.3) is 5.91 Å². The molecule has 0 unspecified atom stereocenters. The molecule has 146 valence electrons. The highest BCUT2D eigenvalue weighted by Crippen LogP contribution is 2.22. The number of hydrogen-bond donors (Lipinski definition) is 2. The maximum atomic E-state index is 12.5. The largest absolute Gasteiger partial charge is 0.488 e. The minimum Gasteiger partial charge on any atom is -0.488 e. The molecule has 6 nitrogen and oxygen atoms in total. The minimum absolute atomic E-state index is 0.177. The predicted octanol–water partition coefficient (Wildman–Crippen LogP) is 4.38. The van der Waals surface area contributed by atoms with Crippen LogP contribution in [0.5, 0.6) is 5.75 Å². The van der Waals surface area contributed by atoms with Crippen LogP contribution in [0.25, 0.3) is 0 Å². The number of aromatic carboxylic acids is 1. The Kier molecular flexibility index (Phi) is 6.60. The van der Waals surface area contributed by atoms with Gasteiger partial charge in [-0.15, -0.1) is 0 Å². The smallest absolute Gasteiger partial charge is 0.335 e. The third-order valence-electron chi connectivity index (χ3n) is 4.01. The summed E-state index contributed by atoms with van der Waals surface area (Å²) in [6.07, 6.45) is 1.43. The second-order valence-corrected chi connectivity index (χ2v) is 6.41. The van der Waals surface area contributed by atoms with Gasteiger partial charge in [0.1, 0.15) is 12.4 Å². The number of halogens is 1. The monoisotopic (exact) mass is 408 g/mol. The summed E-state index contributed by atoms with van der Waals surface area (Å²) in [7, 11) is 0. The van der Waals surface area contributed by atoms with E-state index >= 15 is 0 Å². The van der Waals surface area contributed by atoms with E-state index in [0.717, 1.165) is 5.56 Å². The molecule has 0 atom stereocenters. The lowest BCUT2D eigenvalue weighted by Crippen LogP contribution is -2.18. The van der Waals surface area contributed by atoms with Crippen LogP contribution >= 0.6 is 11.6 Å². The first-order valence-electron chi connectivity index (χ1n) is 8.66. The highest BCUT2D eigenvalue weighted by Gasteiger charge is 2.12. The van der Waals surface area contributed by atoms with Gasteiger partial charge < -0.3 is 9.84 Å². The summed E-state index contributed by atoms with van der Waals surface area (Å²) in [5.41, 5.74) is 4.41. The summed E-state index contributed by atoms with van der Waals surface area (Å²) < 4.78 is 5.77. The lowest BCUT2D eigenvalue weighted by molar-refractivity contribution is 0.0696. The van der Waals surface area contributed by atoms with E-state index in [1.54, 1.807) is 42.5 Å². The van der Waals surface area contributed by atoms with Crippen molar-refractivity contribution in [2.24, 2.45) is 5.10 Å². The molecule has 3 aromatic carbocycles. The number of ether oxygens (including phenoxy) is 1. The number of para-hydroxylation sites is 1. The molecule has 0 saturated carbocycles. The fraction of sp³-hybridized carbons (Fsp3) is 0.0455. The zero-order valence-corrected chi connectivity index (χ0v) is 16.0. The molecule has 0 aromatic heterocycles. The second kappa shape index (κ2) is 9.52. The van der Waals surface area contributed by atoms with Crippen molar-refractivity contribution in [3.8, 4) is 5.75 Å². The van der Waals surface area contributed by atoms with Gasteiger partial charge in [-0.2, -0.15) is 5.10 Å². The van der Waals surface area contributed by atoms with Gasteiger partial charge in [0.05, 0.1) is 17.3 Å². The van der Waals surface area contributed by atoms with Crippen molar-refractivity contribution in [1.29, 1.82) is 0 Å². The number of carbonyl (C=O) groups is 2. The van der Waals surface area contributed by atoms with E-state index in [1.807, 2.05) is 18.2 Å². The summed E-state index contributed by atoms with van der Waals surface area (Å²) in [4.78, 5) is 23.3. The average Bonchev–Trinajstić information content (AvgIpc) is 2.73. The van der Waals surface area contributed by atoms with Crippen molar-refractivity contribution >= 4 is 29.7 Å². The zero-order valence-electron chi connectivity index (χ0n) is 15.2. The summed E-state index contributed by atoms with van der Waals surface area (Å²) >= 11 is 6.14. The van der Waals surface area contributed by atoms with E-state index in [1.165, 1.54) is 18.3 Å². The molecule has 0 fully saturated rings. The average molecular weight is 409 g/mol. The number of nitrogens with one attached hydrogen (secondary N) is 1. The molecule has 3 rings (SSSR count). The van der Waals surface area contributed by atoms with E-state index in [4.69, 9.17) is 21.4 Å². The fourth-order valence-corrected chi connectivity index (χ4v) is 2.68. The van der Waals surface area contributed by atoms with Crippen LogP contribution in [-0.4, -0.2) is 23.2 Å². The number of nitrogens with zero attached hydrogens (tertiary/aromatic N) is 1. The van der Waals surface area contributed by atoms with Gasteiger partial charge in [-0.25, -0.2) is 10.2 Å². The predicted molar refractivity (Wildman–Crippen MR) is 111 cm³/mol. The Labute approximate surface area is 172 Å². The Morgan fingerprint density at radius 2 is 1.69 bits per heavy atom. The lowest BCUT2D eigenvalue weighted by atomic mass is 10.1. The number of amides is 1. The standard InChI is InChI=1S/C22H17ClN2O4/c23-19-7-3-1-5-17(19)14-29-20-8-4-2-6-18(20)21(26)25-24-13-15-9-11-16(12-10-15)22(27)28/h1-13H,14H2,(H,25,26)(H,27,28). The normalized spacial score (nSPS) is 10.7. The number of hydrogen-bond acceptors (Lipinski definition) is 4. The van der Waals surface area contributed by atoms with E-state index in [-0.39, 0.29) is 12.2 Å². The van der Waals surface area contributed by atoms with Crippen LogP contribution < -0.4 is 10.2 Å². The highest BCUT2D eigenvalue weighted by atomic mass is 35.5. The maximum absolute atomic E-state index is 12.5. The van der Waals surface area contributed by atoms with Crippen molar-refractivity contribution < 1.29 is 19.4 Å². The molecule has 1 amide bonds. The number of carboxylic acid groups (broad SMARTS) is 1. The van der Waals surface area contributed by atoms with E-state index < -0.39 is 11.9 Å². The van der Waals surface area contributed by atoms with Crippen LogP contribution in [0.3, 0.4) is 0 Å². The van der Waals surface area contributed by atoms with Gasteiger partial charge >= 0.3 is 5.97 Å².